The topological polar surface area (TPSA) is 12.5 Å². The lowest BCUT2D eigenvalue weighted by Gasteiger charge is -2.10. The maximum absolute atomic E-state index is 5.96. The van der Waals surface area contributed by atoms with Crippen molar-refractivity contribution in [2.75, 3.05) is 14.1 Å². The Morgan fingerprint density at radius 3 is 2.73 bits per heavy atom. The molecule has 0 unspecified atom stereocenters. The maximum Gasteiger partial charge on any atom is 0.205 e. The summed E-state index contributed by atoms with van der Waals surface area (Å²) in [6.45, 7) is 2.05. The molecule has 80 valence electrons. The van der Waals surface area contributed by atoms with E-state index < -0.39 is 0 Å². The number of rotatable bonds is 2. The predicted octanol–water partition coefficient (Wildman–Crippen LogP) is 3.72. The van der Waals surface area contributed by atoms with Crippen LogP contribution in [0, 0.1) is 6.92 Å². The van der Waals surface area contributed by atoms with Crippen molar-refractivity contribution in [2.24, 2.45) is 0 Å². The number of hydrogen-bond donors (Lipinski definition) is 0. The average Bonchev–Trinajstić information content (AvgIpc) is 2.44. The molecule has 15 heavy (non-hydrogen) atoms. The quantitative estimate of drug-likeness (QED) is 0.743. The van der Waals surface area contributed by atoms with Gasteiger partial charge in [-0.1, -0.05) is 22.9 Å². The fourth-order valence-corrected chi connectivity index (χ4v) is 2.70. The van der Waals surface area contributed by atoms with E-state index in [0.29, 0.717) is 0 Å². The van der Waals surface area contributed by atoms with Crippen LogP contribution in [-0.2, 0) is 0 Å². The molecule has 1 aromatic carbocycles. The van der Waals surface area contributed by atoms with Crippen LogP contribution in [0.4, 0.5) is 0 Å². The number of fused-ring (bicyclic) bond motifs is 1. The normalized spacial score (nSPS) is 11.3. The molecule has 0 aliphatic rings. The van der Waals surface area contributed by atoms with Gasteiger partial charge in [0.2, 0.25) is 5.06 Å². The second kappa shape index (κ2) is 4.00. The van der Waals surface area contributed by atoms with Crippen molar-refractivity contribution < 1.29 is 4.84 Å². The molecule has 0 aliphatic heterocycles. The lowest BCUT2D eigenvalue weighted by atomic mass is 10.2. The summed E-state index contributed by atoms with van der Waals surface area (Å²) in [7, 11) is 3.74. The summed E-state index contributed by atoms with van der Waals surface area (Å²) in [6, 6.07) is 5.91. The van der Waals surface area contributed by atoms with Crippen molar-refractivity contribution in [3.8, 4) is 5.06 Å². The molecule has 0 aliphatic carbocycles. The third-order valence-corrected chi connectivity index (χ3v) is 3.50. The SMILES string of the molecule is Cc1c(ON(C)C)sc2ccc(Cl)cc12. The van der Waals surface area contributed by atoms with Crippen LogP contribution in [0.1, 0.15) is 5.56 Å². The van der Waals surface area contributed by atoms with Gasteiger partial charge < -0.3 is 4.84 Å². The minimum Gasteiger partial charge on any atom is -0.395 e. The lowest BCUT2D eigenvalue weighted by molar-refractivity contribution is 0.000625. The highest BCUT2D eigenvalue weighted by Gasteiger charge is 2.10. The second-order valence-electron chi connectivity index (χ2n) is 3.56. The van der Waals surface area contributed by atoms with Crippen LogP contribution in [0.3, 0.4) is 0 Å². The summed E-state index contributed by atoms with van der Waals surface area (Å²) in [5, 5.41) is 4.56. The van der Waals surface area contributed by atoms with E-state index in [-0.39, 0.29) is 0 Å². The second-order valence-corrected chi connectivity index (χ2v) is 5.01. The van der Waals surface area contributed by atoms with Crippen LogP contribution in [0.5, 0.6) is 5.06 Å². The number of thiophene rings is 1. The van der Waals surface area contributed by atoms with Gasteiger partial charge in [0.25, 0.3) is 0 Å². The zero-order valence-electron chi connectivity index (χ0n) is 8.87. The van der Waals surface area contributed by atoms with E-state index in [4.69, 9.17) is 16.4 Å². The molecule has 2 rings (SSSR count). The zero-order valence-corrected chi connectivity index (χ0v) is 10.4. The van der Waals surface area contributed by atoms with E-state index in [9.17, 15) is 0 Å². The molecular formula is C11H12ClNOS. The Labute approximate surface area is 98.0 Å². The molecular weight excluding hydrogens is 230 g/mol. The molecule has 2 aromatic rings. The number of benzene rings is 1. The first kappa shape index (κ1) is 10.7. The van der Waals surface area contributed by atoms with E-state index >= 15 is 0 Å². The largest absolute Gasteiger partial charge is 0.395 e. The highest BCUT2D eigenvalue weighted by Crippen LogP contribution is 2.38. The fourth-order valence-electron chi connectivity index (χ4n) is 1.42. The van der Waals surface area contributed by atoms with Gasteiger partial charge in [0, 0.05) is 34.8 Å². The molecule has 0 atom stereocenters. The Morgan fingerprint density at radius 2 is 2.07 bits per heavy atom. The van der Waals surface area contributed by atoms with E-state index in [2.05, 4.69) is 0 Å². The van der Waals surface area contributed by atoms with Crippen molar-refractivity contribution in [1.82, 2.24) is 5.06 Å². The van der Waals surface area contributed by atoms with Gasteiger partial charge in [-0.2, -0.15) is 0 Å². The number of halogens is 1. The molecule has 0 fully saturated rings. The van der Waals surface area contributed by atoms with Gasteiger partial charge in [-0.25, -0.2) is 0 Å². The van der Waals surface area contributed by atoms with Crippen molar-refractivity contribution in [1.29, 1.82) is 0 Å². The molecule has 0 N–H and O–H groups in total. The summed E-state index contributed by atoms with van der Waals surface area (Å²) in [6.07, 6.45) is 0. The number of hydroxylamine groups is 2. The molecule has 0 radical (unpaired) electrons. The molecule has 0 amide bonds. The van der Waals surface area contributed by atoms with Gasteiger partial charge in [-0.15, -0.1) is 5.06 Å². The molecule has 4 heteroatoms. The van der Waals surface area contributed by atoms with E-state index in [1.807, 2.05) is 39.2 Å². The van der Waals surface area contributed by atoms with Crippen molar-refractivity contribution in [2.45, 2.75) is 6.92 Å². The summed E-state index contributed by atoms with van der Waals surface area (Å²) in [4.78, 5) is 5.58. The molecule has 0 spiro atoms. The van der Waals surface area contributed by atoms with Gasteiger partial charge >= 0.3 is 0 Å². The maximum atomic E-state index is 5.96. The third kappa shape index (κ3) is 2.09. The Morgan fingerprint density at radius 1 is 1.33 bits per heavy atom. The monoisotopic (exact) mass is 241 g/mol. The minimum absolute atomic E-state index is 0.764. The predicted molar refractivity (Wildman–Crippen MR) is 65.9 cm³/mol. The van der Waals surface area contributed by atoms with Crippen molar-refractivity contribution >= 4 is 33.0 Å². The molecule has 0 saturated heterocycles. The summed E-state index contributed by atoms with van der Waals surface area (Å²) < 4.78 is 1.20. The van der Waals surface area contributed by atoms with Gasteiger partial charge in [-0.3, -0.25) is 0 Å². The molecule has 0 saturated carbocycles. The fraction of sp³-hybridized carbons (Fsp3) is 0.273. The van der Waals surface area contributed by atoms with E-state index in [1.54, 1.807) is 16.4 Å². The van der Waals surface area contributed by atoms with Crippen LogP contribution < -0.4 is 4.84 Å². The summed E-state index contributed by atoms with van der Waals surface area (Å²) in [5.41, 5.74) is 1.14. The number of hydrogen-bond acceptors (Lipinski definition) is 3. The minimum atomic E-state index is 0.764. The Bertz CT molecular complexity index is 493. The summed E-state index contributed by atoms with van der Waals surface area (Å²) >= 11 is 7.60. The van der Waals surface area contributed by atoms with Crippen LogP contribution in [0.15, 0.2) is 18.2 Å². The highest BCUT2D eigenvalue weighted by molar-refractivity contribution is 7.21. The summed E-state index contributed by atoms with van der Waals surface area (Å²) in [5.74, 6) is 0. The third-order valence-electron chi connectivity index (χ3n) is 2.12. The highest BCUT2D eigenvalue weighted by atomic mass is 35.5. The first-order chi connectivity index (χ1) is 7.08. The van der Waals surface area contributed by atoms with Crippen LogP contribution in [0.2, 0.25) is 5.02 Å². The average molecular weight is 242 g/mol. The molecule has 1 heterocycles. The molecule has 1 aromatic heterocycles. The Balaban J connectivity index is 2.54. The van der Waals surface area contributed by atoms with Crippen molar-refractivity contribution in [3.05, 3.63) is 28.8 Å². The van der Waals surface area contributed by atoms with Crippen molar-refractivity contribution in [3.63, 3.8) is 0 Å². The van der Waals surface area contributed by atoms with E-state index in [0.717, 1.165) is 15.6 Å². The molecule has 0 bridgehead atoms. The smallest absolute Gasteiger partial charge is 0.205 e. The zero-order chi connectivity index (χ0) is 11.0. The Kier molecular flexibility index (Phi) is 2.87. The van der Waals surface area contributed by atoms with Gasteiger partial charge in [0.15, 0.2) is 0 Å². The number of aryl methyl sites for hydroxylation is 1. The first-order valence-corrected chi connectivity index (χ1v) is 5.81. The van der Waals surface area contributed by atoms with E-state index in [1.165, 1.54) is 10.1 Å². The number of nitrogens with zero attached hydrogens (tertiary/aromatic N) is 1. The van der Waals surface area contributed by atoms with Gasteiger partial charge in [0.1, 0.15) is 0 Å². The van der Waals surface area contributed by atoms with Crippen LogP contribution >= 0.6 is 22.9 Å². The van der Waals surface area contributed by atoms with Crippen LogP contribution in [0.25, 0.3) is 10.1 Å². The van der Waals surface area contributed by atoms with Gasteiger partial charge in [-0.05, 0) is 25.1 Å². The van der Waals surface area contributed by atoms with Gasteiger partial charge in [0.05, 0.1) is 0 Å². The molecule has 2 nitrogen and oxygen atoms in total. The lowest BCUT2D eigenvalue weighted by Crippen LogP contribution is -2.15. The van der Waals surface area contributed by atoms with Crippen LogP contribution in [-0.4, -0.2) is 19.2 Å². The first-order valence-electron chi connectivity index (χ1n) is 4.62. The standard InChI is InChI=1S/C11H12ClNOS/c1-7-9-6-8(12)4-5-10(9)15-11(7)14-13(2)3/h4-6H,1-3H3. The Hall–Kier alpha value is -0.770.